The number of hydrogen-bond acceptors (Lipinski definition) is 4. The van der Waals surface area contributed by atoms with Crippen LogP contribution >= 0.6 is 27.5 Å². The maximum atomic E-state index is 11.6. The van der Waals surface area contributed by atoms with Crippen LogP contribution in [0.15, 0.2) is 22.7 Å². The third-order valence-corrected chi connectivity index (χ3v) is 4.24. The van der Waals surface area contributed by atoms with Crippen molar-refractivity contribution in [3.05, 3.63) is 32.8 Å². The van der Waals surface area contributed by atoms with Crippen molar-refractivity contribution >= 4 is 48.9 Å². The number of rotatable bonds is 6. The van der Waals surface area contributed by atoms with Crippen LogP contribution in [0.5, 0.6) is 0 Å². The van der Waals surface area contributed by atoms with Crippen molar-refractivity contribution in [2.45, 2.75) is 6.42 Å². The Hall–Kier alpha value is -0.860. The minimum Gasteiger partial charge on any atom is -0.284 e. The maximum absolute atomic E-state index is 11.6. The van der Waals surface area contributed by atoms with Crippen molar-refractivity contribution in [1.29, 1.82) is 0 Å². The second-order valence-corrected chi connectivity index (χ2v) is 6.46. The van der Waals surface area contributed by atoms with E-state index in [1.165, 1.54) is 18.2 Å². The number of anilines is 1. The fourth-order valence-corrected chi connectivity index (χ4v) is 3.12. The molecule has 0 aliphatic carbocycles. The van der Waals surface area contributed by atoms with Gasteiger partial charge in [-0.15, -0.1) is 11.6 Å². The molecule has 0 bridgehead atoms. The molecular weight excluding hydrogens is 348 g/mol. The molecular formula is C9H10BrClN2O4S. The van der Waals surface area contributed by atoms with E-state index in [9.17, 15) is 18.5 Å². The first-order chi connectivity index (χ1) is 8.35. The largest absolute Gasteiger partial charge is 0.284 e. The first-order valence-corrected chi connectivity index (χ1v) is 7.84. The third-order valence-electron chi connectivity index (χ3n) is 1.96. The second kappa shape index (κ2) is 6.35. The van der Waals surface area contributed by atoms with E-state index in [1.807, 2.05) is 0 Å². The lowest BCUT2D eigenvalue weighted by molar-refractivity contribution is -0.385. The molecule has 9 heteroatoms. The van der Waals surface area contributed by atoms with E-state index in [4.69, 9.17) is 11.6 Å². The van der Waals surface area contributed by atoms with Gasteiger partial charge in [-0.25, -0.2) is 8.42 Å². The van der Waals surface area contributed by atoms with Gasteiger partial charge in [0.05, 0.1) is 20.8 Å². The Labute approximate surface area is 118 Å². The summed E-state index contributed by atoms with van der Waals surface area (Å²) in [5, 5.41) is 10.6. The Bertz CT molecular complexity index is 549. The Morgan fingerprint density at radius 1 is 1.44 bits per heavy atom. The highest BCUT2D eigenvalue weighted by atomic mass is 79.9. The molecule has 100 valence electrons. The molecule has 0 spiro atoms. The third kappa shape index (κ3) is 4.43. The molecule has 1 rings (SSSR count). The smallest absolute Gasteiger partial charge is 0.283 e. The molecule has 6 nitrogen and oxygen atoms in total. The predicted octanol–water partition coefficient (Wildman–Crippen LogP) is 2.73. The Kier molecular flexibility index (Phi) is 5.36. The number of halogens is 2. The second-order valence-electron chi connectivity index (χ2n) is 3.39. The van der Waals surface area contributed by atoms with Crippen LogP contribution in [-0.2, 0) is 10.0 Å². The van der Waals surface area contributed by atoms with Gasteiger partial charge in [0.2, 0.25) is 10.0 Å². The van der Waals surface area contributed by atoms with Gasteiger partial charge in [0, 0.05) is 11.9 Å². The van der Waals surface area contributed by atoms with Crippen molar-refractivity contribution in [2.24, 2.45) is 0 Å². The topological polar surface area (TPSA) is 89.3 Å². The molecule has 0 amide bonds. The Morgan fingerprint density at radius 3 is 2.61 bits per heavy atom. The first kappa shape index (κ1) is 15.2. The minimum atomic E-state index is -3.47. The standard InChI is InChI=1S/C9H10BrClN2O4S/c10-8-6-7(2-3-9(8)13(14)15)12-18(16,17)5-1-4-11/h2-3,6,12H,1,4-5H2. The van der Waals surface area contributed by atoms with Crippen LogP contribution in [0.25, 0.3) is 0 Å². The number of nitrogens with zero attached hydrogens (tertiary/aromatic N) is 1. The van der Waals surface area contributed by atoms with Crippen LogP contribution in [0.4, 0.5) is 11.4 Å². The van der Waals surface area contributed by atoms with Crippen LogP contribution in [0, 0.1) is 10.1 Å². The van der Waals surface area contributed by atoms with Crippen molar-refractivity contribution < 1.29 is 13.3 Å². The lowest BCUT2D eigenvalue weighted by atomic mass is 10.3. The molecule has 0 fully saturated rings. The van der Waals surface area contributed by atoms with E-state index in [0.717, 1.165) is 0 Å². The van der Waals surface area contributed by atoms with Gasteiger partial charge >= 0.3 is 0 Å². The predicted molar refractivity (Wildman–Crippen MR) is 73.5 cm³/mol. The molecule has 0 atom stereocenters. The number of alkyl halides is 1. The van der Waals surface area contributed by atoms with Crippen LogP contribution in [-0.4, -0.2) is 25.0 Å². The Morgan fingerprint density at radius 2 is 2.11 bits per heavy atom. The van der Waals surface area contributed by atoms with E-state index in [-0.39, 0.29) is 27.5 Å². The summed E-state index contributed by atoms with van der Waals surface area (Å²) < 4.78 is 25.7. The lowest BCUT2D eigenvalue weighted by Crippen LogP contribution is -2.17. The van der Waals surface area contributed by atoms with Crippen molar-refractivity contribution in [3.63, 3.8) is 0 Å². The highest BCUT2D eigenvalue weighted by molar-refractivity contribution is 9.10. The number of nitro groups is 1. The molecule has 0 heterocycles. The molecule has 0 saturated heterocycles. The molecule has 0 aliphatic rings. The lowest BCUT2D eigenvalue weighted by Gasteiger charge is -2.07. The van der Waals surface area contributed by atoms with E-state index >= 15 is 0 Å². The summed E-state index contributed by atoms with van der Waals surface area (Å²) in [6, 6.07) is 3.90. The van der Waals surface area contributed by atoms with Crippen LogP contribution in [0.1, 0.15) is 6.42 Å². The number of nitrogens with one attached hydrogen (secondary N) is 1. The van der Waals surface area contributed by atoms with E-state index in [0.29, 0.717) is 6.42 Å². The molecule has 0 aromatic heterocycles. The quantitative estimate of drug-likeness (QED) is 0.481. The van der Waals surface area contributed by atoms with Gasteiger partial charge in [-0.3, -0.25) is 14.8 Å². The maximum Gasteiger partial charge on any atom is 0.283 e. The van der Waals surface area contributed by atoms with Crippen LogP contribution < -0.4 is 4.72 Å². The fraction of sp³-hybridized carbons (Fsp3) is 0.333. The average molecular weight is 358 g/mol. The molecule has 1 aromatic rings. The molecule has 0 aliphatic heterocycles. The summed E-state index contributed by atoms with van der Waals surface area (Å²) in [4.78, 5) is 10.0. The van der Waals surface area contributed by atoms with Crippen molar-refractivity contribution in [1.82, 2.24) is 0 Å². The van der Waals surface area contributed by atoms with Gasteiger partial charge in [0.15, 0.2) is 0 Å². The molecule has 1 aromatic carbocycles. The minimum absolute atomic E-state index is 0.0922. The van der Waals surface area contributed by atoms with Gasteiger partial charge in [-0.2, -0.15) is 0 Å². The SMILES string of the molecule is O=[N+]([O-])c1ccc(NS(=O)(=O)CCCCl)cc1Br. The Balaban J connectivity index is 2.87. The van der Waals surface area contributed by atoms with Crippen molar-refractivity contribution in [2.75, 3.05) is 16.4 Å². The summed E-state index contributed by atoms with van der Waals surface area (Å²) in [6.07, 6.45) is 0.338. The van der Waals surface area contributed by atoms with Gasteiger partial charge < -0.3 is 0 Å². The summed E-state index contributed by atoms with van der Waals surface area (Å²) in [6.45, 7) is 0. The van der Waals surface area contributed by atoms with E-state index in [1.54, 1.807) is 0 Å². The monoisotopic (exact) mass is 356 g/mol. The summed E-state index contributed by atoms with van der Waals surface area (Å²) in [5.74, 6) is 0.163. The fourth-order valence-electron chi connectivity index (χ4n) is 1.19. The zero-order valence-corrected chi connectivity index (χ0v) is 12.3. The van der Waals surface area contributed by atoms with Gasteiger partial charge in [-0.1, -0.05) is 0 Å². The normalized spacial score (nSPS) is 11.2. The number of benzene rings is 1. The highest BCUT2D eigenvalue weighted by Gasteiger charge is 2.14. The number of sulfonamides is 1. The summed E-state index contributed by atoms with van der Waals surface area (Å²) in [7, 11) is -3.47. The number of nitro benzene ring substituents is 1. The summed E-state index contributed by atoms with van der Waals surface area (Å²) >= 11 is 8.43. The van der Waals surface area contributed by atoms with E-state index in [2.05, 4.69) is 20.7 Å². The van der Waals surface area contributed by atoms with Crippen molar-refractivity contribution in [3.8, 4) is 0 Å². The zero-order valence-electron chi connectivity index (χ0n) is 9.10. The van der Waals surface area contributed by atoms with Crippen LogP contribution in [0.3, 0.4) is 0 Å². The first-order valence-electron chi connectivity index (χ1n) is 4.86. The molecule has 0 unspecified atom stereocenters. The number of hydrogen-bond donors (Lipinski definition) is 1. The molecule has 0 radical (unpaired) electrons. The van der Waals surface area contributed by atoms with Crippen LogP contribution in [0.2, 0.25) is 0 Å². The van der Waals surface area contributed by atoms with Gasteiger partial charge in [0.1, 0.15) is 0 Å². The van der Waals surface area contributed by atoms with Gasteiger partial charge in [0.25, 0.3) is 5.69 Å². The molecule has 1 N–H and O–H groups in total. The molecule has 0 saturated carbocycles. The zero-order chi connectivity index (χ0) is 13.8. The average Bonchev–Trinajstić information content (AvgIpc) is 2.25. The summed E-state index contributed by atoms with van der Waals surface area (Å²) in [5.41, 5.74) is 0.140. The highest BCUT2D eigenvalue weighted by Crippen LogP contribution is 2.28. The van der Waals surface area contributed by atoms with E-state index < -0.39 is 14.9 Å². The molecule has 18 heavy (non-hydrogen) atoms. The van der Waals surface area contributed by atoms with Gasteiger partial charge in [-0.05, 0) is 34.5 Å².